The maximum Gasteiger partial charge on any atom is 0.128 e. The molecule has 3 rings (SSSR count). The molecule has 2 aromatic rings. The molecule has 4 heteroatoms. The van der Waals surface area contributed by atoms with Crippen LogP contribution in [0.5, 0.6) is 0 Å². The Labute approximate surface area is 120 Å². The maximum atomic E-state index is 13.7. The molecule has 0 aliphatic heterocycles. The summed E-state index contributed by atoms with van der Waals surface area (Å²) in [7, 11) is 0. The fraction of sp³-hybridized carbons (Fsp3) is 0.333. The molecule has 1 atom stereocenters. The average molecular weight is 324 g/mol. The summed E-state index contributed by atoms with van der Waals surface area (Å²) in [5.74, 6) is 0.208. The lowest BCUT2D eigenvalue weighted by Crippen LogP contribution is -2.01. The lowest BCUT2D eigenvalue weighted by Gasteiger charge is -2.07. The Morgan fingerprint density at radius 2 is 2.16 bits per heavy atom. The van der Waals surface area contributed by atoms with Crippen LogP contribution in [-0.4, -0.2) is 9.67 Å². The standard InChI is InChI=1S/C15H15BrFNO/c16-13-3-4-14(17)12(7-13)9-18-6-5-11(8-18)15(19)10-1-2-10/h3-8,10,15,19H,1-2,9H2. The normalized spacial score (nSPS) is 16.6. The topological polar surface area (TPSA) is 25.2 Å². The van der Waals surface area contributed by atoms with Crippen LogP contribution in [0.15, 0.2) is 41.1 Å². The van der Waals surface area contributed by atoms with E-state index in [4.69, 9.17) is 0 Å². The van der Waals surface area contributed by atoms with E-state index in [1.54, 1.807) is 12.1 Å². The number of benzene rings is 1. The van der Waals surface area contributed by atoms with Crippen molar-refractivity contribution in [3.05, 3.63) is 58.1 Å². The van der Waals surface area contributed by atoms with Crippen LogP contribution in [0.25, 0.3) is 0 Å². The van der Waals surface area contributed by atoms with Crippen molar-refractivity contribution >= 4 is 15.9 Å². The largest absolute Gasteiger partial charge is 0.388 e. The van der Waals surface area contributed by atoms with Crippen molar-refractivity contribution in [1.29, 1.82) is 0 Å². The highest BCUT2D eigenvalue weighted by molar-refractivity contribution is 9.10. The summed E-state index contributed by atoms with van der Waals surface area (Å²) in [6.07, 6.45) is 5.64. The predicted octanol–water partition coefficient (Wildman–Crippen LogP) is 3.88. The van der Waals surface area contributed by atoms with Crippen LogP contribution in [0, 0.1) is 11.7 Å². The summed E-state index contributed by atoms with van der Waals surface area (Å²) < 4.78 is 16.5. The smallest absolute Gasteiger partial charge is 0.128 e. The Morgan fingerprint density at radius 1 is 1.37 bits per heavy atom. The van der Waals surface area contributed by atoms with E-state index in [-0.39, 0.29) is 11.9 Å². The van der Waals surface area contributed by atoms with Gasteiger partial charge in [0, 0.05) is 29.0 Å². The van der Waals surface area contributed by atoms with E-state index >= 15 is 0 Å². The minimum absolute atomic E-state index is 0.207. The molecule has 0 radical (unpaired) electrons. The lowest BCUT2D eigenvalue weighted by atomic mass is 10.1. The van der Waals surface area contributed by atoms with Gasteiger partial charge in [-0.2, -0.15) is 0 Å². The lowest BCUT2D eigenvalue weighted by molar-refractivity contribution is 0.154. The van der Waals surface area contributed by atoms with E-state index < -0.39 is 0 Å². The molecule has 1 heterocycles. The number of hydrogen-bond donors (Lipinski definition) is 1. The van der Waals surface area contributed by atoms with Gasteiger partial charge in [0.05, 0.1) is 6.10 Å². The van der Waals surface area contributed by atoms with Crippen molar-refractivity contribution in [2.45, 2.75) is 25.5 Å². The van der Waals surface area contributed by atoms with Crippen molar-refractivity contribution in [2.75, 3.05) is 0 Å². The van der Waals surface area contributed by atoms with Gasteiger partial charge < -0.3 is 9.67 Å². The molecule has 1 aliphatic rings. The van der Waals surface area contributed by atoms with Crippen LogP contribution in [-0.2, 0) is 6.54 Å². The van der Waals surface area contributed by atoms with Crippen LogP contribution in [0.2, 0.25) is 0 Å². The molecule has 1 fully saturated rings. The number of hydrogen-bond acceptors (Lipinski definition) is 1. The van der Waals surface area contributed by atoms with E-state index in [0.29, 0.717) is 18.0 Å². The first-order chi connectivity index (χ1) is 9.13. The molecule has 0 saturated heterocycles. The molecular weight excluding hydrogens is 309 g/mol. The monoisotopic (exact) mass is 323 g/mol. The van der Waals surface area contributed by atoms with E-state index in [1.807, 2.05) is 23.0 Å². The summed E-state index contributed by atoms with van der Waals surface area (Å²) in [5.41, 5.74) is 1.57. The highest BCUT2D eigenvalue weighted by Crippen LogP contribution is 2.40. The summed E-state index contributed by atoms with van der Waals surface area (Å²) in [6, 6.07) is 6.85. The van der Waals surface area contributed by atoms with Crippen molar-refractivity contribution in [2.24, 2.45) is 5.92 Å². The highest BCUT2D eigenvalue weighted by atomic mass is 79.9. The Bertz CT molecular complexity index is 592. The zero-order chi connectivity index (χ0) is 13.4. The van der Waals surface area contributed by atoms with Gasteiger partial charge in [0.25, 0.3) is 0 Å². The molecule has 100 valence electrons. The number of nitrogens with zero attached hydrogens (tertiary/aromatic N) is 1. The fourth-order valence-corrected chi connectivity index (χ4v) is 2.69. The Morgan fingerprint density at radius 3 is 2.89 bits per heavy atom. The van der Waals surface area contributed by atoms with Crippen molar-refractivity contribution in [1.82, 2.24) is 4.57 Å². The third-order valence-corrected chi connectivity index (χ3v) is 4.04. The first-order valence-corrected chi connectivity index (χ1v) is 7.20. The SMILES string of the molecule is OC(c1ccn(Cc2cc(Br)ccc2F)c1)C1CC1. The van der Waals surface area contributed by atoms with Gasteiger partial charge in [-0.05, 0) is 48.6 Å². The summed E-state index contributed by atoms with van der Waals surface area (Å²) in [4.78, 5) is 0. The third-order valence-electron chi connectivity index (χ3n) is 3.54. The van der Waals surface area contributed by atoms with Crippen molar-refractivity contribution < 1.29 is 9.50 Å². The molecule has 0 amide bonds. The molecule has 1 unspecified atom stereocenters. The summed E-state index contributed by atoms with van der Waals surface area (Å²) in [5, 5.41) is 10.0. The third kappa shape index (κ3) is 2.90. The molecule has 1 aliphatic carbocycles. The first kappa shape index (κ1) is 12.9. The van der Waals surface area contributed by atoms with Gasteiger partial charge in [-0.1, -0.05) is 15.9 Å². The second-order valence-electron chi connectivity index (χ2n) is 5.14. The zero-order valence-corrected chi connectivity index (χ0v) is 12.0. The average Bonchev–Trinajstić information content (AvgIpc) is 3.13. The fourth-order valence-electron chi connectivity index (χ4n) is 2.28. The molecule has 1 aromatic carbocycles. The first-order valence-electron chi connectivity index (χ1n) is 6.41. The Kier molecular flexibility index (Phi) is 3.46. The van der Waals surface area contributed by atoms with Gasteiger partial charge in [-0.25, -0.2) is 4.39 Å². The Balaban J connectivity index is 1.77. The second-order valence-corrected chi connectivity index (χ2v) is 6.05. The van der Waals surface area contributed by atoms with Gasteiger partial charge in [0.1, 0.15) is 5.82 Å². The van der Waals surface area contributed by atoms with E-state index in [2.05, 4.69) is 15.9 Å². The molecule has 2 nitrogen and oxygen atoms in total. The van der Waals surface area contributed by atoms with Gasteiger partial charge in [0.15, 0.2) is 0 Å². The van der Waals surface area contributed by atoms with Crippen LogP contribution in [0.1, 0.15) is 30.1 Å². The van der Waals surface area contributed by atoms with Crippen LogP contribution in [0.4, 0.5) is 4.39 Å². The molecular formula is C15H15BrFNO. The number of aliphatic hydroxyl groups excluding tert-OH is 1. The van der Waals surface area contributed by atoms with E-state index in [0.717, 1.165) is 22.9 Å². The molecule has 1 N–H and O–H groups in total. The molecule has 1 saturated carbocycles. The van der Waals surface area contributed by atoms with E-state index in [1.165, 1.54) is 6.07 Å². The predicted molar refractivity (Wildman–Crippen MR) is 75.3 cm³/mol. The molecule has 0 bridgehead atoms. The van der Waals surface area contributed by atoms with Crippen LogP contribution in [0.3, 0.4) is 0 Å². The van der Waals surface area contributed by atoms with Gasteiger partial charge in [-0.3, -0.25) is 0 Å². The second kappa shape index (κ2) is 5.10. The van der Waals surface area contributed by atoms with Crippen LogP contribution >= 0.6 is 15.9 Å². The minimum Gasteiger partial charge on any atom is -0.388 e. The molecule has 1 aromatic heterocycles. The van der Waals surface area contributed by atoms with Gasteiger partial charge >= 0.3 is 0 Å². The zero-order valence-electron chi connectivity index (χ0n) is 10.4. The number of rotatable bonds is 4. The van der Waals surface area contributed by atoms with Crippen molar-refractivity contribution in [3.63, 3.8) is 0 Å². The van der Waals surface area contributed by atoms with Crippen molar-refractivity contribution in [3.8, 4) is 0 Å². The number of halogens is 2. The van der Waals surface area contributed by atoms with Crippen LogP contribution < -0.4 is 0 Å². The number of aromatic nitrogens is 1. The Hall–Kier alpha value is -1.13. The summed E-state index contributed by atoms with van der Waals surface area (Å²) in [6.45, 7) is 0.475. The van der Waals surface area contributed by atoms with Gasteiger partial charge in [-0.15, -0.1) is 0 Å². The quantitative estimate of drug-likeness (QED) is 0.907. The minimum atomic E-state index is -0.367. The van der Waals surface area contributed by atoms with E-state index in [9.17, 15) is 9.50 Å². The highest BCUT2D eigenvalue weighted by Gasteiger charge is 2.31. The summed E-state index contributed by atoms with van der Waals surface area (Å²) >= 11 is 3.35. The molecule has 19 heavy (non-hydrogen) atoms. The van der Waals surface area contributed by atoms with Gasteiger partial charge in [0.2, 0.25) is 0 Å². The molecule has 0 spiro atoms. The number of aliphatic hydroxyl groups is 1. The maximum absolute atomic E-state index is 13.7.